The molecule has 8 heteroatoms. The maximum atomic E-state index is 12.7. The number of hydrogen-bond donors (Lipinski definition) is 1. The molecule has 160 valence electrons. The van der Waals surface area contributed by atoms with Crippen LogP contribution in [0.15, 0.2) is 48.5 Å². The molecule has 3 aromatic rings. The van der Waals surface area contributed by atoms with Crippen LogP contribution in [-0.4, -0.2) is 45.8 Å². The van der Waals surface area contributed by atoms with Gasteiger partial charge < -0.3 is 19.5 Å². The minimum absolute atomic E-state index is 0.000375. The zero-order chi connectivity index (χ0) is 21.6. The van der Waals surface area contributed by atoms with Crippen LogP contribution in [0.3, 0.4) is 0 Å². The number of methoxy groups -OCH3 is 1. The average molecular weight is 439 g/mol. The minimum atomic E-state index is -3.05. The summed E-state index contributed by atoms with van der Waals surface area (Å²) in [7, 11) is -1.44. The fourth-order valence-electron chi connectivity index (χ4n) is 4.14. The van der Waals surface area contributed by atoms with Gasteiger partial charge in [0.25, 0.3) is 5.91 Å². The molecule has 7 nitrogen and oxygen atoms in total. The summed E-state index contributed by atoms with van der Waals surface area (Å²) in [6, 6.07) is 14.7. The smallest absolute Gasteiger partial charge is 0.251 e. The van der Waals surface area contributed by atoms with Crippen LogP contribution in [0.4, 0.5) is 0 Å². The summed E-state index contributed by atoms with van der Waals surface area (Å²) in [5.74, 6) is 1.83. The molecule has 0 spiro atoms. The highest BCUT2D eigenvalue weighted by Crippen LogP contribution is 2.44. The van der Waals surface area contributed by atoms with Crippen molar-refractivity contribution in [3.8, 4) is 28.4 Å². The molecule has 3 aromatic carbocycles. The molecule has 0 aliphatic carbocycles. The van der Waals surface area contributed by atoms with E-state index in [1.165, 1.54) is 0 Å². The van der Waals surface area contributed by atoms with E-state index in [-0.39, 0.29) is 30.2 Å². The molecular formula is C23H21NO6S. The molecule has 31 heavy (non-hydrogen) atoms. The van der Waals surface area contributed by atoms with Crippen molar-refractivity contribution in [2.75, 3.05) is 25.4 Å². The Morgan fingerprint density at radius 3 is 2.61 bits per heavy atom. The van der Waals surface area contributed by atoms with E-state index in [0.29, 0.717) is 29.2 Å². The van der Waals surface area contributed by atoms with Crippen LogP contribution < -0.4 is 19.5 Å². The summed E-state index contributed by atoms with van der Waals surface area (Å²) in [6.07, 6.45) is 0.454. The molecule has 5 rings (SSSR count). The molecule has 1 saturated heterocycles. The van der Waals surface area contributed by atoms with Crippen molar-refractivity contribution >= 4 is 26.5 Å². The van der Waals surface area contributed by atoms with Gasteiger partial charge in [0.15, 0.2) is 21.3 Å². The molecule has 2 heterocycles. The number of fused-ring (bicyclic) bond motifs is 2. The number of amides is 1. The lowest BCUT2D eigenvalue weighted by atomic mass is 9.95. The molecule has 2 aliphatic heterocycles. The lowest BCUT2D eigenvalue weighted by Gasteiger charge is -2.14. The maximum Gasteiger partial charge on any atom is 0.251 e. The highest BCUT2D eigenvalue weighted by molar-refractivity contribution is 7.91. The molecule has 1 amide bonds. The van der Waals surface area contributed by atoms with Gasteiger partial charge in [-0.1, -0.05) is 24.3 Å². The standard InChI is InChI=1S/C23H21NO6S/c1-28-20-11-22-21(29-13-30-22)10-19(20)18-4-2-3-14-9-15(5-6-17(14)18)23(25)24-16-7-8-31(26,27)12-16/h2-6,9-11,16H,7-8,12-13H2,1H3,(H,24,25). The molecule has 1 N–H and O–H groups in total. The monoisotopic (exact) mass is 439 g/mol. The van der Waals surface area contributed by atoms with E-state index in [9.17, 15) is 13.2 Å². The van der Waals surface area contributed by atoms with E-state index in [1.807, 2.05) is 42.5 Å². The molecule has 2 aliphatic rings. The highest BCUT2D eigenvalue weighted by atomic mass is 32.2. The van der Waals surface area contributed by atoms with Crippen molar-refractivity contribution in [3.05, 3.63) is 54.1 Å². The average Bonchev–Trinajstić information content (AvgIpc) is 3.36. The van der Waals surface area contributed by atoms with Crippen LogP contribution in [0.5, 0.6) is 17.2 Å². The zero-order valence-electron chi connectivity index (χ0n) is 16.9. The number of rotatable bonds is 4. The molecule has 1 atom stereocenters. The van der Waals surface area contributed by atoms with Gasteiger partial charge >= 0.3 is 0 Å². The lowest BCUT2D eigenvalue weighted by molar-refractivity contribution is 0.0941. The van der Waals surface area contributed by atoms with E-state index >= 15 is 0 Å². The van der Waals surface area contributed by atoms with Gasteiger partial charge in [0, 0.05) is 23.2 Å². The van der Waals surface area contributed by atoms with Gasteiger partial charge in [-0.25, -0.2) is 8.42 Å². The lowest BCUT2D eigenvalue weighted by Crippen LogP contribution is -2.35. The van der Waals surface area contributed by atoms with Crippen LogP contribution in [0, 0.1) is 0 Å². The normalized spacial score (nSPS) is 18.8. The first-order chi connectivity index (χ1) is 14.9. The largest absolute Gasteiger partial charge is 0.496 e. The van der Waals surface area contributed by atoms with Crippen molar-refractivity contribution in [1.82, 2.24) is 5.32 Å². The summed E-state index contributed by atoms with van der Waals surface area (Å²) < 4.78 is 39.9. The zero-order valence-corrected chi connectivity index (χ0v) is 17.7. The fourth-order valence-corrected chi connectivity index (χ4v) is 5.81. The molecule has 0 bridgehead atoms. The van der Waals surface area contributed by atoms with Crippen molar-refractivity contribution in [2.45, 2.75) is 12.5 Å². The predicted molar refractivity (Wildman–Crippen MR) is 117 cm³/mol. The van der Waals surface area contributed by atoms with E-state index in [0.717, 1.165) is 21.9 Å². The van der Waals surface area contributed by atoms with Gasteiger partial charge in [0.1, 0.15) is 5.75 Å². The van der Waals surface area contributed by atoms with Gasteiger partial charge in [-0.3, -0.25) is 4.79 Å². The van der Waals surface area contributed by atoms with Gasteiger partial charge in [-0.05, 0) is 41.0 Å². The number of carbonyl (C=O) groups is 1. The van der Waals surface area contributed by atoms with Crippen LogP contribution in [-0.2, 0) is 9.84 Å². The van der Waals surface area contributed by atoms with Gasteiger partial charge in [-0.15, -0.1) is 0 Å². The van der Waals surface area contributed by atoms with E-state index < -0.39 is 9.84 Å². The number of sulfone groups is 1. The van der Waals surface area contributed by atoms with Gasteiger partial charge in [-0.2, -0.15) is 0 Å². The number of hydrogen-bond acceptors (Lipinski definition) is 6. The summed E-state index contributed by atoms with van der Waals surface area (Å²) in [5, 5.41) is 4.69. The molecule has 0 saturated carbocycles. The third-order valence-corrected chi connectivity index (χ3v) is 7.46. The SMILES string of the molecule is COc1cc2c(cc1-c1cccc3cc(C(=O)NC4CCS(=O)(=O)C4)ccc13)OCO2. The minimum Gasteiger partial charge on any atom is -0.496 e. The number of ether oxygens (including phenoxy) is 3. The van der Waals surface area contributed by atoms with E-state index in [1.54, 1.807) is 13.2 Å². The van der Waals surface area contributed by atoms with Gasteiger partial charge in [0.2, 0.25) is 6.79 Å². The van der Waals surface area contributed by atoms with Crippen molar-refractivity contribution in [2.24, 2.45) is 0 Å². The Morgan fingerprint density at radius 2 is 1.87 bits per heavy atom. The Labute approximate surface area is 179 Å². The highest BCUT2D eigenvalue weighted by Gasteiger charge is 2.29. The van der Waals surface area contributed by atoms with E-state index in [4.69, 9.17) is 14.2 Å². The third kappa shape index (κ3) is 3.67. The van der Waals surface area contributed by atoms with Crippen LogP contribution in [0.25, 0.3) is 21.9 Å². The first kappa shape index (κ1) is 19.7. The van der Waals surface area contributed by atoms with Crippen molar-refractivity contribution < 1.29 is 27.4 Å². The number of carbonyl (C=O) groups excluding carboxylic acids is 1. The number of benzene rings is 3. The Kier molecular flexibility index (Phi) is 4.74. The predicted octanol–water partition coefficient (Wildman–Crippen LogP) is 3.16. The second-order valence-electron chi connectivity index (χ2n) is 7.72. The Morgan fingerprint density at radius 1 is 1.06 bits per heavy atom. The maximum absolute atomic E-state index is 12.7. The van der Waals surface area contributed by atoms with Crippen molar-refractivity contribution in [1.29, 1.82) is 0 Å². The molecule has 1 fully saturated rings. The molecule has 0 radical (unpaired) electrons. The van der Waals surface area contributed by atoms with Crippen LogP contribution >= 0.6 is 0 Å². The summed E-state index contributed by atoms with van der Waals surface area (Å²) >= 11 is 0. The summed E-state index contributed by atoms with van der Waals surface area (Å²) in [4.78, 5) is 12.7. The topological polar surface area (TPSA) is 90.9 Å². The van der Waals surface area contributed by atoms with Crippen molar-refractivity contribution in [3.63, 3.8) is 0 Å². The first-order valence-electron chi connectivity index (χ1n) is 9.95. The fraction of sp³-hybridized carbons (Fsp3) is 0.261. The second kappa shape index (κ2) is 7.46. The Balaban J connectivity index is 1.50. The Hall–Kier alpha value is -3.26. The molecule has 0 aromatic heterocycles. The van der Waals surface area contributed by atoms with Crippen LogP contribution in [0.2, 0.25) is 0 Å². The second-order valence-corrected chi connectivity index (χ2v) is 9.95. The van der Waals surface area contributed by atoms with Crippen LogP contribution in [0.1, 0.15) is 16.8 Å². The summed E-state index contributed by atoms with van der Waals surface area (Å²) in [6.45, 7) is 0.179. The summed E-state index contributed by atoms with van der Waals surface area (Å²) in [5.41, 5.74) is 2.30. The van der Waals surface area contributed by atoms with E-state index in [2.05, 4.69) is 5.32 Å². The molecular weight excluding hydrogens is 418 g/mol. The third-order valence-electron chi connectivity index (χ3n) is 5.70. The molecule has 1 unspecified atom stereocenters. The first-order valence-corrected chi connectivity index (χ1v) is 11.8. The Bertz CT molecular complexity index is 1300. The van der Waals surface area contributed by atoms with Gasteiger partial charge in [0.05, 0.1) is 18.6 Å². The quantitative estimate of drug-likeness (QED) is 0.672. The number of nitrogens with one attached hydrogen (secondary N) is 1.